The minimum atomic E-state index is 0.704. The van der Waals surface area contributed by atoms with Gasteiger partial charge in [-0.3, -0.25) is 4.68 Å². The number of nitrogens with zero attached hydrogens (tertiary/aromatic N) is 3. The summed E-state index contributed by atoms with van der Waals surface area (Å²) in [6, 6.07) is 0.704. The van der Waals surface area contributed by atoms with Gasteiger partial charge in [0.15, 0.2) is 5.82 Å². The molecule has 0 saturated heterocycles. The summed E-state index contributed by atoms with van der Waals surface area (Å²) in [5.41, 5.74) is 0. The lowest BCUT2D eigenvalue weighted by Gasteiger charge is -2.32. The van der Waals surface area contributed by atoms with Gasteiger partial charge in [-0.1, -0.05) is 26.7 Å². The fourth-order valence-corrected chi connectivity index (χ4v) is 2.91. The zero-order valence-electron chi connectivity index (χ0n) is 11.9. The van der Waals surface area contributed by atoms with Crippen LogP contribution in [0.25, 0.3) is 0 Å². The van der Waals surface area contributed by atoms with Crippen LogP contribution in [0, 0.1) is 11.8 Å². The summed E-state index contributed by atoms with van der Waals surface area (Å²) in [4.78, 5) is 4.25. The van der Waals surface area contributed by atoms with Crippen LogP contribution in [-0.4, -0.2) is 27.4 Å². The minimum absolute atomic E-state index is 0.704. The first-order valence-electron chi connectivity index (χ1n) is 7.23. The summed E-state index contributed by atoms with van der Waals surface area (Å²) in [6.07, 6.45) is 8.17. The van der Waals surface area contributed by atoms with Crippen molar-refractivity contribution in [1.82, 2.24) is 20.1 Å². The van der Waals surface area contributed by atoms with E-state index in [1.807, 2.05) is 7.05 Å². The first-order chi connectivity index (χ1) is 8.65. The molecule has 0 bridgehead atoms. The molecule has 0 radical (unpaired) electrons. The molecular weight excluding hydrogens is 224 g/mol. The molecule has 1 aliphatic carbocycles. The van der Waals surface area contributed by atoms with Crippen molar-refractivity contribution in [3.05, 3.63) is 12.2 Å². The molecule has 1 N–H and O–H groups in total. The van der Waals surface area contributed by atoms with Crippen LogP contribution in [0.5, 0.6) is 0 Å². The highest BCUT2D eigenvalue weighted by Gasteiger charge is 2.23. The smallest absolute Gasteiger partial charge is 0.151 e. The van der Waals surface area contributed by atoms with Gasteiger partial charge in [0.25, 0.3) is 0 Å². The first-order valence-corrected chi connectivity index (χ1v) is 7.23. The molecule has 0 amide bonds. The van der Waals surface area contributed by atoms with E-state index in [4.69, 9.17) is 0 Å². The number of aromatic nitrogens is 3. The number of hydrogen-bond acceptors (Lipinski definition) is 3. The van der Waals surface area contributed by atoms with Crippen LogP contribution >= 0.6 is 0 Å². The highest BCUT2D eigenvalue weighted by atomic mass is 15.3. The Morgan fingerprint density at radius 1 is 1.44 bits per heavy atom. The van der Waals surface area contributed by atoms with Gasteiger partial charge in [-0.25, -0.2) is 4.98 Å². The zero-order valence-corrected chi connectivity index (χ0v) is 11.9. The van der Waals surface area contributed by atoms with Gasteiger partial charge in [-0.05, 0) is 24.7 Å². The third kappa shape index (κ3) is 3.80. The summed E-state index contributed by atoms with van der Waals surface area (Å²) in [6.45, 7) is 5.70. The van der Waals surface area contributed by atoms with Gasteiger partial charge in [-0.2, -0.15) is 5.10 Å². The normalized spacial score (nSPS) is 24.7. The standard InChI is InChI=1S/C14H26N4/c1-11(2)12-5-4-6-13(9-12)15-8-7-14-16-10-18(3)17-14/h10-13,15H,4-9H2,1-3H3. The van der Waals surface area contributed by atoms with Gasteiger partial charge in [0, 0.05) is 26.1 Å². The Labute approximate surface area is 110 Å². The first kappa shape index (κ1) is 13.5. The lowest BCUT2D eigenvalue weighted by Crippen LogP contribution is -2.36. The second kappa shape index (κ2) is 6.32. The Hall–Kier alpha value is -0.900. The van der Waals surface area contributed by atoms with E-state index in [1.165, 1.54) is 25.7 Å². The van der Waals surface area contributed by atoms with Crippen molar-refractivity contribution in [3.63, 3.8) is 0 Å². The molecule has 2 unspecified atom stereocenters. The fourth-order valence-electron chi connectivity index (χ4n) is 2.91. The second-order valence-electron chi connectivity index (χ2n) is 5.91. The molecule has 1 aliphatic rings. The molecule has 2 rings (SSSR count). The Bertz CT molecular complexity index is 358. The summed E-state index contributed by atoms with van der Waals surface area (Å²) >= 11 is 0. The molecular formula is C14H26N4. The van der Waals surface area contributed by atoms with Gasteiger partial charge in [-0.15, -0.1) is 0 Å². The summed E-state index contributed by atoms with van der Waals surface area (Å²) in [5.74, 6) is 2.68. The zero-order chi connectivity index (χ0) is 13.0. The summed E-state index contributed by atoms with van der Waals surface area (Å²) in [7, 11) is 1.91. The second-order valence-corrected chi connectivity index (χ2v) is 5.91. The van der Waals surface area contributed by atoms with E-state index in [2.05, 4.69) is 29.2 Å². The number of rotatable bonds is 5. The monoisotopic (exact) mass is 250 g/mol. The van der Waals surface area contributed by atoms with Crippen molar-refractivity contribution in [1.29, 1.82) is 0 Å². The van der Waals surface area contributed by atoms with E-state index in [0.29, 0.717) is 6.04 Å². The van der Waals surface area contributed by atoms with Gasteiger partial charge >= 0.3 is 0 Å². The van der Waals surface area contributed by atoms with Gasteiger partial charge in [0.1, 0.15) is 6.33 Å². The van der Waals surface area contributed by atoms with Crippen molar-refractivity contribution in [2.75, 3.05) is 6.54 Å². The fraction of sp³-hybridized carbons (Fsp3) is 0.857. The van der Waals surface area contributed by atoms with Crippen molar-refractivity contribution in [2.24, 2.45) is 18.9 Å². The van der Waals surface area contributed by atoms with Crippen LogP contribution in [0.15, 0.2) is 6.33 Å². The van der Waals surface area contributed by atoms with Crippen molar-refractivity contribution < 1.29 is 0 Å². The van der Waals surface area contributed by atoms with Gasteiger partial charge < -0.3 is 5.32 Å². The van der Waals surface area contributed by atoms with Crippen LogP contribution < -0.4 is 5.32 Å². The molecule has 0 aliphatic heterocycles. The van der Waals surface area contributed by atoms with Crippen LogP contribution in [-0.2, 0) is 13.5 Å². The van der Waals surface area contributed by atoms with Crippen molar-refractivity contribution in [3.8, 4) is 0 Å². The summed E-state index contributed by atoms with van der Waals surface area (Å²) in [5, 5.41) is 7.98. The Balaban J connectivity index is 1.70. The largest absolute Gasteiger partial charge is 0.314 e. The van der Waals surface area contributed by atoms with Crippen LogP contribution in [0.3, 0.4) is 0 Å². The lowest BCUT2D eigenvalue weighted by molar-refractivity contribution is 0.232. The molecule has 2 atom stereocenters. The van der Waals surface area contributed by atoms with E-state index in [0.717, 1.165) is 30.6 Å². The molecule has 0 spiro atoms. The minimum Gasteiger partial charge on any atom is -0.314 e. The molecule has 18 heavy (non-hydrogen) atoms. The average molecular weight is 250 g/mol. The van der Waals surface area contributed by atoms with E-state index in [-0.39, 0.29) is 0 Å². The maximum atomic E-state index is 4.30. The van der Waals surface area contributed by atoms with Crippen LogP contribution in [0.4, 0.5) is 0 Å². The molecule has 1 aromatic rings. The van der Waals surface area contributed by atoms with Crippen molar-refractivity contribution >= 4 is 0 Å². The number of aryl methyl sites for hydroxylation is 1. The quantitative estimate of drug-likeness (QED) is 0.871. The van der Waals surface area contributed by atoms with E-state index >= 15 is 0 Å². The molecule has 1 aromatic heterocycles. The predicted octanol–water partition coefficient (Wildman–Crippen LogP) is 2.16. The summed E-state index contributed by atoms with van der Waals surface area (Å²) < 4.78 is 1.77. The van der Waals surface area contributed by atoms with E-state index in [1.54, 1.807) is 11.0 Å². The highest BCUT2D eigenvalue weighted by Crippen LogP contribution is 2.29. The number of nitrogens with one attached hydrogen (secondary N) is 1. The topological polar surface area (TPSA) is 42.7 Å². The van der Waals surface area contributed by atoms with Crippen LogP contribution in [0.1, 0.15) is 45.4 Å². The van der Waals surface area contributed by atoms with Crippen LogP contribution in [0.2, 0.25) is 0 Å². The van der Waals surface area contributed by atoms with E-state index < -0.39 is 0 Å². The molecule has 0 aromatic carbocycles. The third-order valence-corrected chi connectivity index (χ3v) is 4.09. The molecule has 1 heterocycles. The molecule has 4 nitrogen and oxygen atoms in total. The molecule has 102 valence electrons. The average Bonchev–Trinajstić information content (AvgIpc) is 2.75. The molecule has 4 heteroatoms. The maximum absolute atomic E-state index is 4.30. The van der Waals surface area contributed by atoms with Crippen molar-refractivity contribution in [2.45, 2.75) is 52.0 Å². The Morgan fingerprint density at radius 2 is 2.28 bits per heavy atom. The molecule has 1 fully saturated rings. The lowest BCUT2D eigenvalue weighted by atomic mass is 9.79. The maximum Gasteiger partial charge on any atom is 0.151 e. The Kier molecular flexibility index (Phi) is 4.75. The number of hydrogen-bond donors (Lipinski definition) is 1. The van der Waals surface area contributed by atoms with Gasteiger partial charge in [0.2, 0.25) is 0 Å². The van der Waals surface area contributed by atoms with E-state index in [9.17, 15) is 0 Å². The van der Waals surface area contributed by atoms with Gasteiger partial charge in [0.05, 0.1) is 0 Å². The highest BCUT2D eigenvalue weighted by molar-refractivity contribution is 4.84. The third-order valence-electron chi connectivity index (χ3n) is 4.09. The molecule has 1 saturated carbocycles. The predicted molar refractivity (Wildman–Crippen MR) is 73.3 cm³/mol. The Morgan fingerprint density at radius 3 is 2.94 bits per heavy atom. The SMILES string of the molecule is CC(C)C1CCCC(NCCc2ncn(C)n2)C1.